The number of benzene rings is 1. The van der Waals surface area contributed by atoms with Gasteiger partial charge in [-0.15, -0.1) is 0 Å². The van der Waals surface area contributed by atoms with Gasteiger partial charge >= 0.3 is 0 Å². The highest BCUT2D eigenvalue weighted by atomic mass is 17.4. The van der Waals surface area contributed by atoms with Crippen LogP contribution in [0.15, 0.2) is 24.5 Å². The van der Waals surface area contributed by atoms with E-state index in [1.54, 1.807) is 0 Å². The standard InChI is InChI=1S/C14H20N2.H2O3/c1-5-8-16-10-15-12-9-11(14(2,3)4)6-7-13(12)16;1-3-2/h6-7,9-10H,5,8H2,1-4H3;1-2H. The number of imidazole rings is 1. The number of aromatic nitrogens is 2. The number of nitrogens with zero attached hydrogens (tertiary/aromatic N) is 2. The monoisotopic (exact) mass is 266 g/mol. The van der Waals surface area contributed by atoms with Gasteiger partial charge in [-0.2, -0.15) is 0 Å². The number of fused-ring (bicyclic) bond motifs is 1. The number of aryl methyl sites for hydroxylation is 1. The third-order valence-corrected chi connectivity index (χ3v) is 2.95. The van der Waals surface area contributed by atoms with Gasteiger partial charge in [0.25, 0.3) is 0 Å². The van der Waals surface area contributed by atoms with Crippen molar-refractivity contribution in [3.8, 4) is 0 Å². The van der Waals surface area contributed by atoms with Crippen LogP contribution in [0.4, 0.5) is 0 Å². The van der Waals surface area contributed by atoms with E-state index in [0.717, 1.165) is 18.5 Å². The Bertz CT molecular complexity index is 515. The van der Waals surface area contributed by atoms with E-state index in [-0.39, 0.29) is 5.41 Å². The van der Waals surface area contributed by atoms with Crippen molar-refractivity contribution >= 4 is 11.0 Å². The molecule has 5 nitrogen and oxygen atoms in total. The lowest BCUT2D eigenvalue weighted by molar-refractivity contribution is -0.465. The van der Waals surface area contributed by atoms with Crippen LogP contribution >= 0.6 is 0 Å². The Morgan fingerprint density at radius 1 is 1.26 bits per heavy atom. The maximum absolute atomic E-state index is 6.62. The second-order valence-corrected chi connectivity index (χ2v) is 5.47. The molecule has 5 heteroatoms. The van der Waals surface area contributed by atoms with Crippen molar-refractivity contribution in [1.29, 1.82) is 0 Å². The zero-order chi connectivity index (χ0) is 14.5. The van der Waals surface area contributed by atoms with E-state index in [1.165, 1.54) is 11.1 Å². The summed E-state index contributed by atoms with van der Waals surface area (Å²) in [6, 6.07) is 6.62. The van der Waals surface area contributed by atoms with Crippen molar-refractivity contribution in [3.05, 3.63) is 30.1 Å². The first-order valence-corrected chi connectivity index (χ1v) is 6.34. The van der Waals surface area contributed by atoms with Crippen molar-refractivity contribution in [2.75, 3.05) is 0 Å². The summed E-state index contributed by atoms with van der Waals surface area (Å²) in [6.45, 7) is 9.94. The molecule has 2 rings (SSSR count). The molecule has 0 unspecified atom stereocenters. The van der Waals surface area contributed by atoms with Crippen molar-refractivity contribution in [2.45, 2.75) is 46.1 Å². The number of rotatable bonds is 2. The van der Waals surface area contributed by atoms with Crippen LogP contribution in [-0.4, -0.2) is 20.1 Å². The maximum Gasteiger partial charge on any atom is 0.0958 e. The molecule has 2 N–H and O–H groups in total. The topological polar surface area (TPSA) is 67.5 Å². The summed E-state index contributed by atoms with van der Waals surface area (Å²) in [5.74, 6) is 0. The van der Waals surface area contributed by atoms with Gasteiger partial charge in [-0.1, -0.05) is 38.8 Å². The van der Waals surface area contributed by atoms with Gasteiger partial charge in [0.1, 0.15) is 0 Å². The van der Waals surface area contributed by atoms with Crippen LogP contribution in [0.2, 0.25) is 0 Å². The van der Waals surface area contributed by atoms with Crippen LogP contribution < -0.4 is 0 Å². The van der Waals surface area contributed by atoms with Crippen LogP contribution in [0.25, 0.3) is 11.0 Å². The lowest BCUT2D eigenvalue weighted by Crippen LogP contribution is -2.10. The van der Waals surface area contributed by atoms with E-state index in [4.69, 9.17) is 10.5 Å². The summed E-state index contributed by atoms with van der Waals surface area (Å²) in [5.41, 5.74) is 3.90. The Balaban J connectivity index is 0.000000550. The number of hydrogen-bond acceptors (Lipinski definition) is 4. The van der Waals surface area contributed by atoms with Crippen LogP contribution in [0.5, 0.6) is 0 Å². The van der Waals surface area contributed by atoms with E-state index in [9.17, 15) is 0 Å². The van der Waals surface area contributed by atoms with Crippen molar-refractivity contribution in [2.24, 2.45) is 0 Å². The Morgan fingerprint density at radius 3 is 2.42 bits per heavy atom. The predicted octanol–water partition coefficient (Wildman–Crippen LogP) is 3.69. The SMILES string of the molecule is CCCn1cnc2cc(C(C)(C)C)ccc21.OOO. The molecule has 0 saturated heterocycles. The molecule has 0 spiro atoms. The molecule has 0 fully saturated rings. The van der Waals surface area contributed by atoms with E-state index >= 15 is 0 Å². The van der Waals surface area contributed by atoms with E-state index in [1.807, 2.05) is 6.33 Å². The molecule has 1 aromatic heterocycles. The predicted molar refractivity (Wildman–Crippen MR) is 75.1 cm³/mol. The second kappa shape index (κ2) is 6.65. The van der Waals surface area contributed by atoms with Crippen molar-refractivity contribution in [3.63, 3.8) is 0 Å². The smallest absolute Gasteiger partial charge is 0.0958 e. The minimum atomic E-state index is 0.197. The van der Waals surface area contributed by atoms with Gasteiger partial charge < -0.3 is 4.57 Å². The third-order valence-electron chi connectivity index (χ3n) is 2.95. The molecule has 19 heavy (non-hydrogen) atoms. The molecule has 0 aliphatic carbocycles. The normalized spacial score (nSPS) is 11.3. The van der Waals surface area contributed by atoms with Crippen LogP contribution in [0, 0.1) is 0 Å². The Hall–Kier alpha value is -1.43. The zero-order valence-electron chi connectivity index (χ0n) is 11.9. The molecule has 0 aliphatic heterocycles. The highest BCUT2D eigenvalue weighted by Gasteiger charge is 2.14. The molecule has 0 aliphatic rings. The Labute approximate surface area is 113 Å². The summed E-state index contributed by atoms with van der Waals surface area (Å²) in [4.78, 5) is 4.47. The first-order chi connectivity index (χ1) is 8.93. The summed E-state index contributed by atoms with van der Waals surface area (Å²) in [5, 5.41) is 15.5. The van der Waals surface area contributed by atoms with Gasteiger partial charge in [0.15, 0.2) is 0 Å². The van der Waals surface area contributed by atoms with Gasteiger partial charge in [0.2, 0.25) is 0 Å². The maximum atomic E-state index is 6.62. The minimum absolute atomic E-state index is 0.197. The summed E-state index contributed by atoms with van der Waals surface area (Å²) in [6.07, 6.45) is 3.09. The Morgan fingerprint density at radius 2 is 1.89 bits per heavy atom. The fourth-order valence-electron chi connectivity index (χ4n) is 1.95. The summed E-state index contributed by atoms with van der Waals surface area (Å²) < 4.78 is 2.22. The van der Waals surface area contributed by atoms with Gasteiger partial charge in [0.05, 0.1) is 17.4 Å². The second-order valence-electron chi connectivity index (χ2n) is 5.47. The molecular weight excluding hydrogens is 244 g/mol. The van der Waals surface area contributed by atoms with Gasteiger partial charge in [0, 0.05) is 6.54 Å². The minimum Gasteiger partial charge on any atom is -0.331 e. The molecule has 0 bridgehead atoms. The quantitative estimate of drug-likeness (QED) is 0.642. The fraction of sp³-hybridized carbons (Fsp3) is 0.500. The molecule has 1 heterocycles. The van der Waals surface area contributed by atoms with E-state index in [2.05, 4.69) is 60.5 Å². The third kappa shape index (κ3) is 4.02. The van der Waals surface area contributed by atoms with Crippen molar-refractivity contribution in [1.82, 2.24) is 9.55 Å². The first-order valence-electron chi connectivity index (χ1n) is 6.34. The summed E-state index contributed by atoms with van der Waals surface area (Å²) >= 11 is 0. The zero-order valence-corrected chi connectivity index (χ0v) is 11.9. The summed E-state index contributed by atoms with van der Waals surface area (Å²) in [7, 11) is 0. The molecular formula is C14H22N2O3. The van der Waals surface area contributed by atoms with Gasteiger partial charge in [-0.05, 0) is 29.5 Å². The van der Waals surface area contributed by atoms with E-state index < -0.39 is 0 Å². The molecule has 2 aromatic rings. The Kier molecular flexibility index (Phi) is 5.47. The molecule has 0 amide bonds. The average Bonchev–Trinajstić information content (AvgIpc) is 2.72. The van der Waals surface area contributed by atoms with Crippen molar-refractivity contribution < 1.29 is 15.6 Å². The van der Waals surface area contributed by atoms with Gasteiger partial charge in [-0.3, -0.25) is 0 Å². The van der Waals surface area contributed by atoms with Crippen LogP contribution in [-0.2, 0) is 17.0 Å². The highest BCUT2D eigenvalue weighted by molar-refractivity contribution is 5.76. The largest absolute Gasteiger partial charge is 0.331 e. The van der Waals surface area contributed by atoms with Crippen LogP contribution in [0.3, 0.4) is 0 Å². The van der Waals surface area contributed by atoms with Gasteiger partial charge in [-0.25, -0.2) is 15.5 Å². The molecule has 0 saturated carbocycles. The molecule has 1 aromatic carbocycles. The molecule has 0 atom stereocenters. The highest BCUT2D eigenvalue weighted by Crippen LogP contribution is 2.25. The number of hydrogen-bond donors (Lipinski definition) is 2. The van der Waals surface area contributed by atoms with E-state index in [0.29, 0.717) is 0 Å². The lowest BCUT2D eigenvalue weighted by atomic mass is 9.87. The molecule has 0 radical (unpaired) electrons. The fourth-order valence-corrected chi connectivity index (χ4v) is 1.95. The lowest BCUT2D eigenvalue weighted by Gasteiger charge is -2.18. The van der Waals surface area contributed by atoms with Crippen LogP contribution in [0.1, 0.15) is 39.7 Å². The first kappa shape index (κ1) is 15.6. The molecule has 106 valence electrons. The average molecular weight is 266 g/mol.